The number of rotatable bonds is 6. The number of anilines is 2. The first kappa shape index (κ1) is 15.8. The van der Waals surface area contributed by atoms with Gasteiger partial charge in [-0.25, -0.2) is 0 Å². The van der Waals surface area contributed by atoms with Crippen LogP contribution < -0.4 is 4.90 Å². The molecule has 0 fully saturated rings. The lowest BCUT2D eigenvalue weighted by Crippen LogP contribution is -2.28. The van der Waals surface area contributed by atoms with Crippen LogP contribution in [0.1, 0.15) is 31.4 Å². The highest BCUT2D eigenvalue weighted by Gasteiger charge is 2.17. The zero-order chi connectivity index (χ0) is 16.1. The van der Waals surface area contributed by atoms with Crippen LogP contribution in [0.25, 0.3) is 12.2 Å². The Kier molecular flexibility index (Phi) is 5.09. The maximum atomic E-state index is 4.29. The Labute approximate surface area is 139 Å². The number of hydrogen-bond donors (Lipinski definition) is 0. The van der Waals surface area contributed by atoms with Crippen molar-refractivity contribution in [3.63, 3.8) is 0 Å². The Hall–Kier alpha value is -2.13. The molecule has 1 aromatic heterocycles. The van der Waals surface area contributed by atoms with Gasteiger partial charge in [0.15, 0.2) is 0 Å². The predicted molar refractivity (Wildman–Crippen MR) is 99.0 cm³/mol. The van der Waals surface area contributed by atoms with E-state index in [4.69, 9.17) is 0 Å². The molecule has 0 saturated heterocycles. The summed E-state index contributed by atoms with van der Waals surface area (Å²) < 4.78 is 0. The molecule has 3 heteroatoms. The Morgan fingerprint density at radius 3 is 2.52 bits per heavy atom. The van der Waals surface area contributed by atoms with Crippen molar-refractivity contribution in [3.8, 4) is 0 Å². The molecular formula is C20H25N3. The van der Waals surface area contributed by atoms with Gasteiger partial charge in [-0.2, -0.15) is 0 Å². The monoisotopic (exact) mass is 307 g/mol. The molecule has 2 heterocycles. The zero-order valence-electron chi connectivity index (χ0n) is 14.1. The molecule has 0 aliphatic carbocycles. The van der Waals surface area contributed by atoms with Gasteiger partial charge >= 0.3 is 0 Å². The second-order valence-electron chi connectivity index (χ2n) is 5.86. The molecule has 3 rings (SSSR count). The van der Waals surface area contributed by atoms with E-state index in [1.807, 2.05) is 12.4 Å². The first-order chi connectivity index (χ1) is 11.3. The smallest absolute Gasteiger partial charge is 0.0515 e. The molecule has 0 bridgehead atoms. The predicted octanol–water partition coefficient (Wildman–Crippen LogP) is 4.44. The van der Waals surface area contributed by atoms with Crippen LogP contribution in [-0.2, 0) is 0 Å². The summed E-state index contributed by atoms with van der Waals surface area (Å²) in [5.41, 5.74) is 4.99. The average molecular weight is 307 g/mol. The van der Waals surface area contributed by atoms with Crippen molar-refractivity contribution in [1.82, 2.24) is 9.88 Å². The fourth-order valence-corrected chi connectivity index (χ4v) is 3.19. The number of fused-ring (bicyclic) bond motifs is 2. The van der Waals surface area contributed by atoms with Crippen LogP contribution in [0.4, 0.5) is 11.4 Å². The van der Waals surface area contributed by atoms with Crippen LogP contribution in [0, 0.1) is 0 Å². The largest absolute Gasteiger partial charge is 0.340 e. The highest BCUT2D eigenvalue weighted by Crippen LogP contribution is 2.35. The summed E-state index contributed by atoms with van der Waals surface area (Å²) in [6.45, 7) is 8.86. The molecule has 1 aliphatic heterocycles. The third-order valence-electron chi connectivity index (χ3n) is 4.54. The molecule has 0 amide bonds. The topological polar surface area (TPSA) is 19.4 Å². The first-order valence-electron chi connectivity index (χ1n) is 8.54. The van der Waals surface area contributed by atoms with Gasteiger partial charge in [0.25, 0.3) is 0 Å². The summed E-state index contributed by atoms with van der Waals surface area (Å²) in [5.74, 6) is 0. The quantitative estimate of drug-likeness (QED) is 0.786. The number of hydrogen-bond acceptors (Lipinski definition) is 3. The minimum Gasteiger partial charge on any atom is -0.340 e. The van der Waals surface area contributed by atoms with Crippen LogP contribution in [0.15, 0.2) is 42.7 Å². The van der Waals surface area contributed by atoms with Gasteiger partial charge in [-0.05, 0) is 43.8 Å². The van der Waals surface area contributed by atoms with E-state index < -0.39 is 0 Å². The number of para-hydroxylation sites is 1. The number of nitrogens with zero attached hydrogens (tertiary/aromatic N) is 3. The van der Waals surface area contributed by atoms with E-state index in [1.165, 1.54) is 22.5 Å². The van der Waals surface area contributed by atoms with Crippen molar-refractivity contribution >= 4 is 23.5 Å². The average Bonchev–Trinajstić information content (AvgIpc) is 2.76. The third-order valence-corrected chi connectivity index (χ3v) is 4.54. The van der Waals surface area contributed by atoms with Crippen LogP contribution >= 0.6 is 0 Å². The first-order valence-corrected chi connectivity index (χ1v) is 8.54. The maximum absolute atomic E-state index is 4.29. The number of benzene rings is 1. The highest BCUT2D eigenvalue weighted by molar-refractivity contribution is 5.88. The van der Waals surface area contributed by atoms with Crippen molar-refractivity contribution in [3.05, 3.63) is 53.9 Å². The van der Waals surface area contributed by atoms with E-state index in [0.29, 0.717) is 0 Å². The SMILES string of the molecule is CCN(CC)CCCN1c2ccccc2C=Cc2cnccc21. The highest BCUT2D eigenvalue weighted by atomic mass is 15.2. The summed E-state index contributed by atoms with van der Waals surface area (Å²) in [4.78, 5) is 9.21. The van der Waals surface area contributed by atoms with E-state index in [2.05, 4.69) is 71.1 Å². The molecular weight excluding hydrogens is 282 g/mol. The molecule has 1 aromatic carbocycles. The van der Waals surface area contributed by atoms with E-state index >= 15 is 0 Å². The Morgan fingerprint density at radius 2 is 1.70 bits per heavy atom. The Balaban J connectivity index is 1.87. The molecule has 0 spiro atoms. The molecule has 23 heavy (non-hydrogen) atoms. The fraction of sp³-hybridized carbons (Fsp3) is 0.350. The van der Waals surface area contributed by atoms with Gasteiger partial charge in [0.1, 0.15) is 0 Å². The standard InChI is InChI=1S/C20H25N3/c1-3-22(4-2)14-7-15-23-19-9-6-5-8-17(19)10-11-18-16-21-13-12-20(18)23/h5-6,8-13,16H,3-4,7,14-15H2,1-2H3. The number of aromatic nitrogens is 1. The van der Waals surface area contributed by atoms with Crippen molar-refractivity contribution in [1.29, 1.82) is 0 Å². The van der Waals surface area contributed by atoms with E-state index in [1.54, 1.807) is 0 Å². The van der Waals surface area contributed by atoms with E-state index in [0.717, 1.165) is 32.6 Å². The lowest BCUT2D eigenvalue weighted by atomic mass is 10.1. The molecule has 0 unspecified atom stereocenters. The van der Waals surface area contributed by atoms with Crippen molar-refractivity contribution < 1.29 is 0 Å². The minimum atomic E-state index is 1.02. The molecule has 1 aliphatic rings. The molecule has 0 radical (unpaired) electrons. The summed E-state index contributed by atoms with van der Waals surface area (Å²) in [5, 5.41) is 0. The second kappa shape index (κ2) is 7.42. The Morgan fingerprint density at radius 1 is 0.957 bits per heavy atom. The van der Waals surface area contributed by atoms with Crippen molar-refractivity contribution in [2.24, 2.45) is 0 Å². The summed E-state index contributed by atoms with van der Waals surface area (Å²) in [7, 11) is 0. The van der Waals surface area contributed by atoms with Gasteiger partial charge in [0.2, 0.25) is 0 Å². The van der Waals surface area contributed by atoms with Crippen molar-refractivity contribution in [2.75, 3.05) is 31.1 Å². The maximum Gasteiger partial charge on any atom is 0.0515 e. The summed E-state index contributed by atoms with van der Waals surface area (Å²) in [6, 6.07) is 10.7. The van der Waals surface area contributed by atoms with E-state index in [-0.39, 0.29) is 0 Å². The third kappa shape index (κ3) is 3.45. The van der Waals surface area contributed by atoms with Gasteiger partial charge in [-0.15, -0.1) is 0 Å². The summed E-state index contributed by atoms with van der Waals surface area (Å²) in [6.07, 6.45) is 9.36. The van der Waals surface area contributed by atoms with Crippen LogP contribution in [0.2, 0.25) is 0 Å². The lowest BCUT2D eigenvalue weighted by Gasteiger charge is -2.28. The van der Waals surface area contributed by atoms with E-state index in [9.17, 15) is 0 Å². The van der Waals surface area contributed by atoms with Crippen molar-refractivity contribution in [2.45, 2.75) is 20.3 Å². The van der Waals surface area contributed by atoms with Crippen LogP contribution in [-0.4, -0.2) is 36.1 Å². The molecule has 3 nitrogen and oxygen atoms in total. The van der Waals surface area contributed by atoms with Crippen LogP contribution in [0.5, 0.6) is 0 Å². The fourth-order valence-electron chi connectivity index (χ4n) is 3.19. The number of pyridine rings is 1. The minimum absolute atomic E-state index is 1.02. The molecule has 2 aromatic rings. The second-order valence-corrected chi connectivity index (χ2v) is 5.86. The zero-order valence-corrected chi connectivity index (χ0v) is 14.1. The molecule has 0 saturated carbocycles. The van der Waals surface area contributed by atoms with Gasteiger partial charge in [0.05, 0.1) is 5.69 Å². The Bertz CT molecular complexity index is 625. The van der Waals surface area contributed by atoms with Crippen LogP contribution in [0.3, 0.4) is 0 Å². The normalized spacial score (nSPS) is 12.9. The molecule has 0 atom stereocenters. The molecule has 120 valence electrons. The lowest BCUT2D eigenvalue weighted by molar-refractivity contribution is 0.301. The van der Waals surface area contributed by atoms with Gasteiger partial charge in [0, 0.05) is 30.2 Å². The molecule has 0 N–H and O–H groups in total. The van der Waals surface area contributed by atoms with Gasteiger partial charge < -0.3 is 9.80 Å². The van der Waals surface area contributed by atoms with Gasteiger partial charge in [-0.3, -0.25) is 4.98 Å². The summed E-state index contributed by atoms with van der Waals surface area (Å²) >= 11 is 0. The van der Waals surface area contributed by atoms with Gasteiger partial charge in [-0.1, -0.05) is 44.2 Å².